The SMILES string of the molecule is Cn1cnnc1CN1CCCNc2ccccc21. The molecule has 1 N–H and O–H groups in total. The molecule has 0 aliphatic carbocycles. The van der Waals surface area contributed by atoms with Crippen LogP contribution in [0, 0.1) is 0 Å². The van der Waals surface area contributed by atoms with E-state index in [-0.39, 0.29) is 0 Å². The van der Waals surface area contributed by atoms with Gasteiger partial charge in [0.05, 0.1) is 17.9 Å². The van der Waals surface area contributed by atoms with Crippen molar-refractivity contribution in [3.05, 3.63) is 36.4 Å². The summed E-state index contributed by atoms with van der Waals surface area (Å²) in [5.74, 6) is 0.992. The molecule has 3 rings (SSSR count). The molecule has 94 valence electrons. The van der Waals surface area contributed by atoms with Gasteiger partial charge in [-0.05, 0) is 18.6 Å². The Bertz CT molecular complexity index is 534. The molecule has 2 aromatic rings. The molecule has 0 saturated carbocycles. The van der Waals surface area contributed by atoms with Crippen LogP contribution in [0.5, 0.6) is 0 Å². The lowest BCUT2D eigenvalue weighted by atomic mass is 10.2. The predicted octanol–water partition coefficient (Wildman–Crippen LogP) is 1.64. The molecule has 0 spiro atoms. The second-order valence-corrected chi connectivity index (χ2v) is 4.58. The first-order chi connectivity index (χ1) is 8.84. The molecule has 5 nitrogen and oxygen atoms in total. The zero-order chi connectivity index (χ0) is 12.4. The highest BCUT2D eigenvalue weighted by atomic mass is 15.3. The molecular formula is C13H17N5. The second kappa shape index (κ2) is 4.68. The summed E-state index contributed by atoms with van der Waals surface area (Å²) in [4.78, 5) is 2.36. The highest BCUT2D eigenvalue weighted by molar-refractivity contribution is 5.70. The van der Waals surface area contributed by atoms with Gasteiger partial charge >= 0.3 is 0 Å². The van der Waals surface area contributed by atoms with Crippen molar-refractivity contribution in [2.45, 2.75) is 13.0 Å². The van der Waals surface area contributed by atoms with Gasteiger partial charge in [0.2, 0.25) is 0 Å². The van der Waals surface area contributed by atoms with Crippen LogP contribution in [0.1, 0.15) is 12.2 Å². The van der Waals surface area contributed by atoms with Crippen molar-refractivity contribution >= 4 is 11.4 Å². The van der Waals surface area contributed by atoms with Crippen molar-refractivity contribution < 1.29 is 0 Å². The molecule has 18 heavy (non-hydrogen) atoms. The first-order valence-electron chi connectivity index (χ1n) is 6.25. The molecule has 1 aliphatic heterocycles. The third-order valence-electron chi connectivity index (χ3n) is 3.30. The third kappa shape index (κ3) is 2.03. The minimum absolute atomic E-state index is 0.801. The molecule has 0 amide bonds. The van der Waals surface area contributed by atoms with Crippen LogP contribution in [0.2, 0.25) is 0 Å². The molecule has 1 aliphatic rings. The summed E-state index contributed by atoms with van der Waals surface area (Å²) in [6.07, 6.45) is 2.88. The standard InChI is InChI=1S/C13H17N5/c1-17-10-15-16-13(17)9-18-8-4-7-14-11-5-2-3-6-12(11)18/h2-3,5-6,10,14H,4,7-9H2,1H3. The molecule has 2 heterocycles. The number of rotatable bonds is 2. The van der Waals surface area contributed by atoms with Crippen LogP contribution < -0.4 is 10.2 Å². The Morgan fingerprint density at radius 2 is 2.22 bits per heavy atom. The van der Waals surface area contributed by atoms with Crippen molar-refractivity contribution in [3.8, 4) is 0 Å². The van der Waals surface area contributed by atoms with E-state index >= 15 is 0 Å². The quantitative estimate of drug-likeness (QED) is 0.871. The second-order valence-electron chi connectivity index (χ2n) is 4.58. The van der Waals surface area contributed by atoms with Crippen molar-refractivity contribution in [1.82, 2.24) is 14.8 Å². The topological polar surface area (TPSA) is 46.0 Å². The number of fused-ring (bicyclic) bond motifs is 1. The Morgan fingerprint density at radius 1 is 1.33 bits per heavy atom. The van der Waals surface area contributed by atoms with Gasteiger partial charge in [-0.2, -0.15) is 0 Å². The summed E-state index contributed by atoms with van der Waals surface area (Å²) in [7, 11) is 1.98. The van der Waals surface area contributed by atoms with E-state index in [0.29, 0.717) is 0 Å². The lowest BCUT2D eigenvalue weighted by molar-refractivity contribution is 0.702. The lowest BCUT2D eigenvalue weighted by Crippen LogP contribution is -2.25. The summed E-state index contributed by atoms with van der Waals surface area (Å²) in [6, 6.07) is 8.43. The highest BCUT2D eigenvalue weighted by Crippen LogP contribution is 2.28. The van der Waals surface area contributed by atoms with Gasteiger partial charge in [-0.1, -0.05) is 12.1 Å². The van der Waals surface area contributed by atoms with Gasteiger partial charge < -0.3 is 14.8 Å². The van der Waals surface area contributed by atoms with E-state index in [9.17, 15) is 0 Å². The number of nitrogens with zero attached hydrogens (tertiary/aromatic N) is 4. The van der Waals surface area contributed by atoms with Gasteiger partial charge in [-0.25, -0.2) is 0 Å². The Labute approximate surface area is 106 Å². The number of aromatic nitrogens is 3. The number of benzene rings is 1. The van der Waals surface area contributed by atoms with Crippen LogP contribution in [-0.2, 0) is 13.6 Å². The summed E-state index contributed by atoms with van der Waals surface area (Å²) < 4.78 is 1.97. The minimum Gasteiger partial charge on any atom is -0.383 e. The number of nitrogens with one attached hydrogen (secondary N) is 1. The molecular weight excluding hydrogens is 226 g/mol. The van der Waals surface area contributed by atoms with E-state index in [0.717, 1.165) is 31.9 Å². The fourth-order valence-electron chi connectivity index (χ4n) is 2.30. The molecule has 0 atom stereocenters. The molecule has 0 bridgehead atoms. The smallest absolute Gasteiger partial charge is 0.152 e. The van der Waals surface area contributed by atoms with Crippen molar-refractivity contribution in [2.24, 2.45) is 7.05 Å². The van der Waals surface area contributed by atoms with Gasteiger partial charge in [-0.3, -0.25) is 0 Å². The van der Waals surface area contributed by atoms with Gasteiger partial charge in [0.25, 0.3) is 0 Å². The van der Waals surface area contributed by atoms with E-state index in [1.165, 1.54) is 11.4 Å². The number of hydrogen-bond acceptors (Lipinski definition) is 4. The minimum atomic E-state index is 0.801. The molecule has 0 fully saturated rings. The molecule has 1 aromatic carbocycles. The molecule has 0 saturated heterocycles. The lowest BCUT2D eigenvalue weighted by Gasteiger charge is -2.23. The van der Waals surface area contributed by atoms with E-state index in [1.54, 1.807) is 6.33 Å². The monoisotopic (exact) mass is 243 g/mol. The summed E-state index contributed by atoms with van der Waals surface area (Å²) >= 11 is 0. The van der Waals surface area contributed by atoms with Gasteiger partial charge in [0, 0.05) is 20.1 Å². The highest BCUT2D eigenvalue weighted by Gasteiger charge is 2.16. The summed E-state index contributed by atoms with van der Waals surface area (Å²) in [5.41, 5.74) is 2.45. The Hall–Kier alpha value is -2.04. The average Bonchev–Trinajstić information content (AvgIpc) is 2.68. The first-order valence-corrected chi connectivity index (χ1v) is 6.25. The maximum absolute atomic E-state index is 4.16. The number of para-hydroxylation sites is 2. The van der Waals surface area contributed by atoms with Gasteiger partial charge in [0.1, 0.15) is 6.33 Å². The number of anilines is 2. The van der Waals surface area contributed by atoms with Crippen LogP contribution in [0.15, 0.2) is 30.6 Å². The van der Waals surface area contributed by atoms with Crippen LogP contribution in [-0.4, -0.2) is 27.9 Å². The van der Waals surface area contributed by atoms with Crippen molar-refractivity contribution in [3.63, 3.8) is 0 Å². The summed E-state index contributed by atoms with van der Waals surface area (Å²) in [6.45, 7) is 2.86. The van der Waals surface area contributed by atoms with Gasteiger partial charge in [-0.15, -0.1) is 10.2 Å². The predicted molar refractivity (Wildman–Crippen MR) is 71.6 cm³/mol. The number of hydrogen-bond donors (Lipinski definition) is 1. The molecule has 0 radical (unpaired) electrons. The van der Waals surface area contributed by atoms with Crippen LogP contribution in [0.4, 0.5) is 11.4 Å². The maximum atomic E-state index is 4.16. The van der Waals surface area contributed by atoms with E-state index in [1.807, 2.05) is 11.6 Å². The zero-order valence-corrected chi connectivity index (χ0v) is 10.5. The van der Waals surface area contributed by atoms with E-state index in [2.05, 4.69) is 44.7 Å². The molecule has 0 unspecified atom stereocenters. The van der Waals surface area contributed by atoms with Crippen molar-refractivity contribution in [1.29, 1.82) is 0 Å². The Morgan fingerprint density at radius 3 is 3.06 bits per heavy atom. The fourth-order valence-corrected chi connectivity index (χ4v) is 2.30. The average molecular weight is 243 g/mol. The van der Waals surface area contributed by atoms with Crippen LogP contribution in [0.3, 0.4) is 0 Å². The molecule has 1 aromatic heterocycles. The van der Waals surface area contributed by atoms with Crippen molar-refractivity contribution in [2.75, 3.05) is 23.3 Å². The Kier molecular flexibility index (Phi) is 2.88. The van der Waals surface area contributed by atoms with Crippen LogP contribution in [0.25, 0.3) is 0 Å². The van der Waals surface area contributed by atoms with E-state index < -0.39 is 0 Å². The van der Waals surface area contributed by atoms with Crippen LogP contribution >= 0.6 is 0 Å². The van der Waals surface area contributed by atoms with Gasteiger partial charge in [0.15, 0.2) is 5.82 Å². The summed E-state index contributed by atoms with van der Waals surface area (Å²) in [5, 5.41) is 11.6. The molecule has 5 heteroatoms. The third-order valence-corrected chi connectivity index (χ3v) is 3.30. The zero-order valence-electron chi connectivity index (χ0n) is 10.5. The Balaban J connectivity index is 1.90. The fraction of sp³-hybridized carbons (Fsp3) is 0.385. The first kappa shape index (κ1) is 11.1. The number of aryl methyl sites for hydroxylation is 1. The van der Waals surface area contributed by atoms with E-state index in [4.69, 9.17) is 0 Å². The largest absolute Gasteiger partial charge is 0.383 e. The normalized spacial score (nSPS) is 14.8. The maximum Gasteiger partial charge on any atom is 0.152 e.